The highest BCUT2D eigenvalue weighted by atomic mass is 16.5. The van der Waals surface area contributed by atoms with Crippen molar-refractivity contribution in [1.82, 2.24) is 15.0 Å². The Balaban J connectivity index is 2.50. The van der Waals surface area contributed by atoms with E-state index >= 15 is 0 Å². The highest BCUT2D eigenvalue weighted by Gasteiger charge is 2.12. The number of aryl methyl sites for hydroxylation is 1. The maximum atomic E-state index is 11.0. The molecule has 0 aliphatic carbocycles. The maximum Gasteiger partial charge on any atom is 0.319 e. The number of methoxy groups -OCH3 is 1. The molecule has 0 aliphatic heterocycles. The molecule has 0 bridgehead atoms. The normalized spacial score (nSPS) is 10.7. The van der Waals surface area contributed by atoms with E-state index in [0.29, 0.717) is 18.3 Å². The Labute approximate surface area is 88.2 Å². The number of nitrogens with zero attached hydrogens (tertiary/aromatic N) is 3. The molecule has 0 atom stereocenters. The third-order valence-electron chi connectivity index (χ3n) is 1.96. The van der Waals surface area contributed by atoms with Crippen LogP contribution in [0.25, 0.3) is 0 Å². The van der Waals surface area contributed by atoms with Crippen molar-refractivity contribution in [2.24, 2.45) is 0 Å². The smallest absolute Gasteiger partial charge is 0.319 e. The number of ether oxygens (including phenoxy) is 1. The molecule has 0 saturated heterocycles. The molecule has 15 heavy (non-hydrogen) atoms. The summed E-state index contributed by atoms with van der Waals surface area (Å²) >= 11 is 0. The molecule has 0 radical (unpaired) electrons. The quantitative estimate of drug-likeness (QED) is 0.658. The molecule has 1 rings (SSSR count). The van der Waals surface area contributed by atoms with Gasteiger partial charge in [-0.3, -0.25) is 9.69 Å². The summed E-state index contributed by atoms with van der Waals surface area (Å²) in [4.78, 5) is 17.0. The summed E-state index contributed by atoms with van der Waals surface area (Å²) < 4.78 is 9.42. The Morgan fingerprint density at radius 1 is 1.60 bits per heavy atom. The standard InChI is InChI=1S/C9H15N3O3/c1-4-12(6-9(13)14-3)5-8-10-7(2)15-11-8/h4-6H2,1-3H3. The highest BCUT2D eigenvalue weighted by Crippen LogP contribution is 2.00. The molecule has 1 aromatic heterocycles. The molecular formula is C9H15N3O3. The second kappa shape index (κ2) is 5.45. The summed E-state index contributed by atoms with van der Waals surface area (Å²) in [6.07, 6.45) is 0. The summed E-state index contributed by atoms with van der Waals surface area (Å²) in [5, 5.41) is 3.76. The summed E-state index contributed by atoms with van der Waals surface area (Å²) in [7, 11) is 1.37. The van der Waals surface area contributed by atoms with Gasteiger partial charge in [0.2, 0.25) is 5.89 Å². The van der Waals surface area contributed by atoms with Gasteiger partial charge in [-0.15, -0.1) is 0 Å². The van der Waals surface area contributed by atoms with Crippen LogP contribution >= 0.6 is 0 Å². The zero-order valence-corrected chi connectivity index (χ0v) is 9.19. The van der Waals surface area contributed by atoms with Crippen molar-refractivity contribution in [2.75, 3.05) is 20.2 Å². The van der Waals surface area contributed by atoms with Crippen LogP contribution in [0.15, 0.2) is 4.52 Å². The van der Waals surface area contributed by atoms with E-state index in [1.54, 1.807) is 6.92 Å². The van der Waals surface area contributed by atoms with Crippen LogP contribution in [0.1, 0.15) is 18.6 Å². The van der Waals surface area contributed by atoms with Crippen LogP contribution in [0.3, 0.4) is 0 Å². The lowest BCUT2D eigenvalue weighted by Crippen LogP contribution is -2.30. The molecule has 0 aromatic carbocycles. The number of rotatable bonds is 5. The van der Waals surface area contributed by atoms with Gasteiger partial charge in [0, 0.05) is 6.92 Å². The van der Waals surface area contributed by atoms with Crippen molar-refractivity contribution in [3.05, 3.63) is 11.7 Å². The van der Waals surface area contributed by atoms with Crippen molar-refractivity contribution >= 4 is 5.97 Å². The molecule has 0 N–H and O–H groups in total. The van der Waals surface area contributed by atoms with Gasteiger partial charge in [-0.25, -0.2) is 0 Å². The van der Waals surface area contributed by atoms with Crippen LogP contribution in [-0.4, -0.2) is 41.2 Å². The fourth-order valence-corrected chi connectivity index (χ4v) is 1.13. The predicted molar refractivity (Wildman–Crippen MR) is 52.0 cm³/mol. The van der Waals surface area contributed by atoms with Gasteiger partial charge in [-0.2, -0.15) is 4.98 Å². The van der Waals surface area contributed by atoms with Crippen LogP contribution < -0.4 is 0 Å². The van der Waals surface area contributed by atoms with E-state index in [0.717, 1.165) is 6.54 Å². The number of hydrogen-bond donors (Lipinski definition) is 0. The number of likely N-dealkylation sites (N-methyl/N-ethyl adjacent to an activating group) is 1. The maximum absolute atomic E-state index is 11.0. The minimum absolute atomic E-state index is 0.237. The minimum atomic E-state index is -0.267. The van der Waals surface area contributed by atoms with E-state index in [1.807, 2.05) is 11.8 Å². The minimum Gasteiger partial charge on any atom is -0.468 e. The van der Waals surface area contributed by atoms with Gasteiger partial charge in [-0.05, 0) is 6.54 Å². The zero-order valence-electron chi connectivity index (χ0n) is 9.19. The van der Waals surface area contributed by atoms with Crippen molar-refractivity contribution in [3.8, 4) is 0 Å². The van der Waals surface area contributed by atoms with Gasteiger partial charge in [-0.1, -0.05) is 12.1 Å². The lowest BCUT2D eigenvalue weighted by Gasteiger charge is -2.16. The van der Waals surface area contributed by atoms with Gasteiger partial charge in [0.1, 0.15) is 0 Å². The van der Waals surface area contributed by atoms with Gasteiger partial charge >= 0.3 is 5.97 Å². The molecule has 6 heteroatoms. The summed E-state index contributed by atoms with van der Waals surface area (Å²) in [5.41, 5.74) is 0. The third-order valence-corrected chi connectivity index (χ3v) is 1.96. The molecule has 6 nitrogen and oxygen atoms in total. The Morgan fingerprint density at radius 2 is 2.33 bits per heavy atom. The zero-order chi connectivity index (χ0) is 11.3. The number of aromatic nitrogens is 2. The Kier molecular flexibility index (Phi) is 4.23. The van der Waals surface area contributed by atoms with Crippen molar-refractivity contribution in [2.45, 2.75) is 20.4 Å². The van der Waals surface area contributed by atoms with E-state index in [1.165, 1.54) is 7.11 Å². The van der Waals surface area contributed by atoms with E-state index in [4.69, 9.17) is 4.52 Å². The van der Waals surface area contributed by atoms with Crippen molar-refractivity contribution in [1.29, 1.82) is 0 Å². The second-order valence-corrected chi connectivity index (χ2v) is 3.11. The van der Waals surface area contributed by atoms with E-state index in [2.05, 4.69) is 14.9 Å². The lowest BCUT2D eigenvalue weighted by atomic mass is 10.4. The number of carbonyl (C=O) groups is 1. The van der Waals surface area contributed by atoms with Crippen LogP contribution in [-0.2, 0) is 16.1 Å². The number of carbonyl (C=O) groups excluding carboxylic acids is 1. The van der Waals surface area contributed by atoms with Gasteiger partial charge in [0.15, 0.2) is 5.82 Å². The molecule has 0 aliphatic rings. The molecule has 84 valence electrons. The molecule has 0 saturated carbocycles. The second-order valence-electron chi connectivity index (χ2n) is 3.11. The average Bonchev–Trinajstić information content (AvgIpc) is 2.62. The van der Waals surface area contributed by atoms with Crippen molar-refractivity contribution < 1.29 is 14.1 Å². The monoisotopic (exact) mass is 213 g/mol. The fraction of sp³-hybridized carbons (Fsp3) is 0.667. The molecular weight excluding hydrogens is 198 g/mol. The van der Waals surface area contributed by atoms with Gasteiger partial charge in [0.05, 0.1) is 20.2 Å². The van der Waals surface area contributed by atoms with Crippen molar-refractivity contribution in [3.63, 3.8) is 0 Å². The van der Waals surface area contributed by atoms with E-state index < -0.39 is 0 Å². The predicted octanol–water partition coefficient (Wildman–Crippen LogP) is 0.373. The third kappa shape index (κ3) is 3.67. The Morgan fingerprint density at radius 3 is 2.80 bits per heavy atom. The molecule has 0 fully saturated rings. The van der Waals surface area contributed by atoms with E-state index in [9.17, 15) is 4.79 Å². The first kappa shape index (κ1) is 11.6. The topological polar surface area (TPSA) is 68.5 Å². The van der Waals surface area contributed by atoms with E-state index in [-0.39, 0.29) is 12.5 Å². The molecule has 0 spiro atoms. The lowest BCUT2D eigenvalue weighted by molar-refractivity contribution is -0.142. The largest absolute Gasteiger partial charge is 0.468 e. The SMILES string of the molecule is CCN(CC(=O)OC)Cc1noc(C)n1. The number of hydrogen-bond acceptors (Lipinski definition) is 6. The molecule has 0 unspecified atom stereocenters. The highest BCUT2D eigenvalue weighted by molar-refractivity contribution is 5.71. The van der Waals surface area contributed by atoms with Crippen LogP contribution in [0.4, 0.5) is 0 Å². The first-order valence-corrected chi connectivity index (χ1v) is 4.74. The van der Waals surface area contributed by atoms with Gasteiger partial charge in [0.25, 0.3) is 0 Å². The summed E-state index contributed by atoms with van der Waals surface area (Å²) in [5.74, 6) is 0.842. The average molecular weight is 213 g/mol. The number of esters is 1. The first-order chi connectivity index (χ1) is 7.15. The van der Waals surface area contributed by atoms with Crippen LogP contribution in [0.2, 0.25) is 0 Å². The van der Waals surface area contributed by atoms with Gasteiger partial charge < -0.3 is 9.26 Å². The fourth-order valence-electron chi connectivity index (χ4n) is 1.13. The summed E-state index contributed by atoms with van der Waals surface area (Å²) in [6.45, 7) is 5.13. The van der Waals surface area contributed by atoms with Crippen LogP contribution in [0, 0.1) is 6.92 Å². The summed E-state index contributed by atoms with van der Waals surface area (Å²) in [6, 6.07) is 0. The Hall–Kier alpha value is -1.43. The van der Waals surface area contributed by atoms with Crippen LogP contribution in [0.5, 0.6) is 0 Å². The molecule has 1 aromatic rings. The Bertz CT molecular complexity index is 324. The first-order valence-electron chi connectivity index (χ1n) is 4.74. The molecule has 1 heterocycles. The molecule has 0 amide bonds.